The van der Waals surface area contributed by atoms with Gasteiger partial charge in [0.05, 0.1) is 20.0 Å². The zero-order chi connectivity index (χ0) is 20.6. The molecule has 2 N–H and O–H groups in total. The van der Waals surface area contributed by atoms with Gasteiger partial charge in [-0.1, -0.05) is 23.9 Å². The second-order valence-corrected chi connectivity index (χ2v) is 6.96. The van der Waals surface area contributed by atoms with E-state index in [0.29, 0.717) is 28.7 Å². The number of aromatic amines is 1. The summed E-state index contributed by atoms with van der Waals surface area (Å²) < 4.78 is 10.2. The minimum atomic E-state index is -0.325. The fraction of sp³-hybridized carbons (Fsp3) is 0.200. The van der Waals surface area contributed by atoms with Crippen molar-refractivity contribution in [2.45, 2.75) is 11.6 Å². The van der Waals surface area contributed by atoms with Gasteiger partial charge < -0.3 is 14.8 Å². The van der Waals surface area contributed by atoms with E-state index < -0.39 is 0 Å². The molecule has 0 aliphatic carbocycles. The lowest BCUT2D eigenvalue weighted by Crippen LogP contribution is -2.19. The van der Waals surface area contributed by atoms with Crippen LogP contribution in [0.1, 0.15) is 11.3 Å². The topological polar surface area (TPSA) is 106 Å². The normalized spacial score (nSPS) is 10.4. The van der Waals surface area contributed by atoms with E-state index in [1.165, 1.54) is 0 Å². The van der Waals surface area contributed by atoms with Gasteiger partial charge in [0.15, 0.2) is 5.16 Å². The Bertz CT molecular complexity index is 1020. The molecule has 1 amide bonds. The van der Waals surface area contributed by atoms with Crippen LogP contribution < -0.4 is 20.3 Å². The number of carbonyl (C=O) groups is 1. The molecule has 150 valence electrons. The largest absolute Gasteiger partial charge is 0.497 e. The lowest BCUT2D eigenvalue weighted by Gasteiger charge is -2.06. The molecule has 1 aromatic heterocycles. The van der Waals surface area contributed by atoms with Gasteiger partial charge in [-0.05, 0) is 42.0 Å². The number of amides is 1. The fourth-order valence-corrected chi connectivity index (χ4v) is 3.07. The molecule has 3 aromatic rings. The third-order valence-electron chi connectivity index (χ3n) is 3.99. The lowest BCUT2D eigenvalue weighted by molar-refractivity contribution is -0.113. The summed E-state index contributed by atoms with van der Waals surface area (Å²) in [5.74, 6) is 1.33. The van der Waals surface area contributed by atoms with Crippen LogP contribution >= 0.6 is 11.8 Å². The van der Waals surface area contributed by atoms with E-state index in [2.05, 4.69) is 20.5 Å². The van der Waals surface area contributed by atoms with Crippen LogP contribution in [0.3, 0.4) is 0 Å². The Morgan fingerprint density at radius 2 is 1.62 bits per heavy atom. The van der Waals surface area contributed by atoms with Crippen LogP contribution in [-0.2, 0) is 11.2 Å². The first-order chi connectivity index (χ1) is 14.1. The molecule has 0 atom stereocenters. The van der Waals surface area contributed by atoms with Crippen molar-refractivity contribution >= 4 is 23.4 Å². The van der Waals surface area contributed by atoms with E-state index in [4.69, 9.17) is 9.47 Å². The van der Waals surface area contributed by atoms with Gasteiger partial charge in [-0.3, -0.25) is 14.6 Å². The van der Waals surface area contributed by atoms with Crippen LogP contribution in [0.4, 0.5) is 5.69 Å². The van der Waals surface area contributed by atoms with Gasteiger partial charge >= 0.3 is 0 Å². The molecular formula is C20H20N4O4S. The molecule has 0 radical (unpaired) electrons. The third-order valence-corrected chi connectivity index (χ3v) is 4.85. The molecule has 3 rings (SSSR count). The SMILES string of the molecule is COc1ccc(Cc2nnc(SCC(=O)Nc3ccc(OC)cc3)[nH]c2=O)cc1. The maximum absolute atomic E-state index is 12.3. The molecule has 0 spiro atoms. The number of rotatable bonds is 8. The zero-order valence-corrected chi connectivity index (χ0v) is 16.8. The van der Waals surface area contributed by atoms with Gasteiger partial charge in [0.1, 0.15) is 17.2 Å². The Labute approximate surface area is 171 Å². The van der Waals surface area contributed by atoms with Gasteiger partial charge in [-0.25, -0.2) is 0 Å². The summed E-state index contributed by atoms with van der Waals surface area (Å²) in [5, 5.41) is 11.1. The van der Waals surface area contributed by atoms with Gasteiger partial charge in [0, 0.05) is 12.1 Å². The maximum Gasteiger partial charge on any atom is 0.273 e. The number of methoxy groups -OCH3 is 2. The van der Waals surface area contributed by atoms with Crippen LogP contribution in [0.2, 0.25) is 0 Å². The average Bonchev–Trinajstić information content (AvgIpc) is 2.75. The molecule has 0 saturated carbocycles. The summed E-state index contributed by atoms with van der Waals surface area (Å²) in [6, 6.07) is 14.4. The standard InChI is InChI=1S/C20H20N4O4S/c1-27-15-7-3-13(4-8-15)11-17-19(26)22-20(24-23-17)29-12-18(25)21-14-5-9-16(28-2)10-6-14/h3-10H,11-12H2,1-2H3,(H,21,25)(H,22,24,26). The van der Waals surface area contributed by atoms with Crippen molar-refractivity contribution in [2.75, 3.05) is 25.3 Å². The van der Waals surface area contributed by atoms with Crippen molar-refractivity contribution in [1.82, 2.24) is 15.2 Å². The van der Waals surface area contributed by atoms with Crippen molar-refractivity contribution in [3.63, 3.8) is 0 Å². The lowest BCUT2D eigenvalue weighted by atomic mass is 10.1. The van der Waals surface area contributed by atoms with Crippen molar-refractivity contribution in [1.29, 1.82) is 0 Å². The minimum absolute atomic E-state index is 0.0917. The molecule has 0 unspecified atom stereocenters. The number of nitrogens with zero attached hydrogens (tertiary/aromatic N) is 2. The maximum atomic E-state index is 12.3. The van der Waals surface area contributed by atoms with Crippen LogP contribution in [-0.4, -0.2) is 41.1 Å². The number of ether oxygens (including phenoxy) is 2. The Morgan fingerprint density at radius 1 is 1.00 bits per heavy atom. The fourth-order valence-electron chi connectivity index (χ4n) is 2.47. The number of H-pyrrole nitrogens is 1. The highest BCUT2D eigenvalue weighted by Gasteiger charge is 2.09. The first kappa shape index (κ1) is 20.4. The van der Waals surface area contributed by atoms with Gasteiger partial charge in [-0.15, -0.1) is 10.2 Å². The van der Waals surface area contributed by atoms with Crippen molar-refractivity contribution < 1.29 is 14.3 Å². The van der Waals surface area contributed by atoms with Crippen molar-refractivity contribution in [3.8, 4) is 11.5 Å². The van der Waals surface area contributed by atoms with E-state index in [1.54, 1.807) is 38.5 Å². The minimum Gasteiger partial charge on any atom is -0.497 e. The number of anilines is 1. The molecule has 0 fully saturated rings. The monoisotopic (exact) mass is 412 g/mol. The van der Waals surface area contributed by atoms with Gasteiger partial charge in [0.2, 0.25) is 5.91 Å². The zero-order valence-electron chi connectivity index (χ0n) is 16.0. The van der Waals surface area contributed by atoms with Gasteiger partial charge in [-0.2, -0.15) is 0 Å². The second kappa shape index (κ2) is 9.74. The number of benzene rings is 2. The highest BCUT2D eigenvalue weighted by Crippen LogP contribution is 2.17. The molecule has 9 heteroatoms. The van der Waals surface area contributed by atoms with Crippen molar-refractivity contribution in [3.05, 3.63) is 70.1 Å². The van der Waals surface area contributed by atoms with E-state index in [1.807, 2.05) is 24.3 Å². The third kappa shape index (κ3) is 5.82. The van der Waals surface area contributed by atoms with Crippen LogP contribution in [0.5, 0.6) is 11.5 Å². The molecule has 0 bridgehead atoms. The van der Waals surface area contributed by atoms with E-state index in [9.17, 15) is 9.59 Å². The van der Waals surface area contributed by atoms with E-state index in [-0.39, 0.29) is 17.2 Å². The molecule has 0 saturated heterocycles. The predicted molar refractivity (Wildman–Crippen MR) is 111 cm³/mol. The summed E-state index contributed by atoms with van der Waals surface area (Å²) in [7, 11) is 3.17. The van der Waals surface area contributed by atoms with Crippen molar-refractivity contribution in [2.24, 2.45) is 0 Å². The summed E-state index contributed by atoms with van der Waals surface area (Å²) >= 11 is 1.11. The Morgan fingerprint density at radius 3 is 2.21 bits per heavy atom. The number of thioether (sulfide) groups is 1. The van der Waals surface area contributed by atoms with E-state index in [0.717, 1.165) is 23.1 Å². The molecular weight excluding hydrogens is 392 g/mol. The summed E-state index contributed by atoms with van der Waals surface area (Å²) in [6.45, 7) is 0. The molecule has 0 aliphatic rings. The second-order valence-electron chi connectivity index (χ2n) is 6.00. The van der Waals surface area contributed by atoms with Crippen LogP contribution in [0.15, 0.2) is 58.5 Å². The Balaban J connectivity index is 1.55. The highest BCUT2D eigenvalue weighted by atomic mass is 32.2. The first-order valence-electron chi connectivity index (χ1n) is 8.73. The molecule has 8 nitrogen and oxygen atoms in total. The molecule has 29 heavy (non-hydrogen) atoms. The van der Waals surface area contributed by atoms with Crippen LogP contribution in [0, 0.1) is 0 Å². The molecule has 0 aliphatic heterocycles. The summed E-state index contributed by atoms with van der Waals surface area (Å²) in [5.41, 5.74) is 1.56. The molecule has 1 heterocycles. The van der Waals surface area contributed by atoms with E-state index >= 15 is 0 Å². The highest BCUT2D eigenvalue weighted by molar-refractivity contribution is 7.99. The van der Waals surface area contributed by atoms with Crippen LogP contribution in [0.25, 0.3) is 0 Å². The number of hydrogen-bond donors (Lipinski definition) is 2. The first-order valence-corrected chi connectivity index (χ1v) is 9.71. The quantitative estimate of drug-likeness (QED) is 0.548. The summed E-state index contributed by atoms with van der Waals surface area (Å²) in [6.07, 6.45) is 0.356. The number of hydrogen-bond acceptors (Lipinski definition) is 7. The van der Waals surface area contributed by atoms with Gasteiger partial charge in [0.25, 0.3) is 5.56 Å². The predicted octanol–water partition coefficient (Wildman–Crippen LogP) is 2.50. The number of nitrogens with one attached hydrogen (secondary N) is 2. The number of aromatic nitrogens is 3. The average molecular weight is 412 g/mol. The summed E-state index contributed by atoms with van der Waals surface area (Å²) in [4.78, 5) is 27.0. The smallest absolute Gasteiger partial charge is 0.273 e. The number of carbonyl (C=O) groups excluding carboxylic acids is 1. The Hall–Kier alpha value is -3.33. The Kier molecular flexibility index (Phi) is 6.85. The molecule has 2 aromatic carbocycles.